The number of halogens is 2. The molecule has 0 atom stereocenters. The number of carboxylic acid groups (broad SMARTS) is 1. The topological polar surface area (TPSA) is 66.4 Å². The molecule has 1 rings (SSSR count). The van der Waals surface area contributed by atoms with Crippen molar-refractivity contribution in [3.63, 3.8) is 0 Å². The molecule has 0 spiro atoms. The molecule has 1 amide bonds. The summed E-state index contributed by atoms with van der Waals surface area (Å²) in [6.07, 6.45) is -0.315. The fraction of sp³-hybridized carbons (Fsp3) is 0.231. The highest BCUT2D eigenvalue weighted by molar-refractivity contribution is 5.97. The summed E-state index contributed by atoms with van der Waals surface area (Å²) < 4.78 is 24.0. The average molecular weight is 269 g/mol. The first-order valence-corrected chi connectivity index (χ1v) is 5.48. The van der Waals surface area contributed by atoms with Crippen molar-refractivity contribution in [2.75, 3.05) is 6.54 Å². The molecule has 1 aromatic carbocycles. The summed E-state index contributed by atoms with van der Waals surface area (Å²) >= 11 is 0. The van der Waals surface area contributed by atoms with Gasteiger partial charge in [-0.25, -0.2) is 13.6 Å². The van der Waals surface area contributed by atoms with E-state index in [2.05, 4.69) is 5.32 Å². The first-order valence-electron chi connectivity index (χ1n) is 5.48. The number of carboxylic acids is 1. The largest absolute Gasteiger partial charge is 0.478 e. The number of alkyl halides is 2. The summed E-state index contributed by atoms with van der Waals surface area (Å²) in [6.45, 7) is 0.909. The van der Waals surface area contributed by atoms with Crippen LogP contribution in [-0.2, 0) is 4.79 Å². The zero-order valence-electron chi connectivity index (χ0n) is 10.2. The molecule has 2 N–H and O–H groups in total. The molecule has 4 nitrogen and oxygen atoms in total. The molecule has 0 unspecified atom stereocenters. The molecule has 0 saturated carbocycles. The van der Waals surface area contributed by atoms with Crippen LogP contribution >= 0.6 is 0 Å². The third-order valence-corrected chi connectivity index (χ3v) is 2.44. The van der Waals surface area contributed by atoms with Gasteiger partial charge in [0, 0.05) is 11.6 Å². The highest BCUT2D eigenvalue weighted by Gasteiger charge is 2.12. The van der Waals surface area contributed by atoms with E-state index in [9.17, 15) is 18.4 Å². The molecule has 0 bridgehead atoms. The molecule has 0 aliphatic carbocycles. The Morgan fingerprint density at radius 3 is 2.68 bits per heavy atom. The molecule has 102 valence electrons. The molecule has 0 aromatic heterocycles. The molecule has 6 heteroatoms. The van der Waals surface area contributed by atoms with Gasteiger partial charge >= 0.3 is 5.97 Å². The van der Waals surface area contributed by atoms with Gasteiger partial charge in [0.15, 0.2) is 0 Å². The molecule has 0 saturated heterocycles. The summed E-state index contributed by atoms with van der Waals surface area (Å²) in [5, 5.41) is 10.6. The highest BCUT2D eigenvalue weighted by atomic mass is 19.3. The van der Waals surface area contributed by atoms with E-state index < -0.39 is 24.8 Å². The number of hydrogen-bond donors (Lipinski definition) is 2. The normalized spacial score (nSPS) is 10.9. The van der Waals surface area contributed by atoms with Crippen LogP contribution in [0.4, 0.5) is 8.78 Å². The molecule has 0 heterocycles. The van der Waals surface area contributed by atoms with Crippen molar-refractivity contribution in [1.29, 1.82) is 0 Å². The predicted octanol–water partition coefficient (Wildman–Crippen LogP) is 2.09. The van der Waals surface area contributed by atoms with Gasteiger partial charge in [0.2, 0.25) is 0 Å². The minimum atomic E-state index is -2.61. The van der Waals surface area contributed by atoms with Gasteiger partial charge in [0.25, 0.3) is 12.3 Å². The zero-order chi connectivity index (χ0) is 14.4. The Morgan fingerprint density at radius 2 is 2.11 bits per heavy atom. The Hall–Kier alpha value is -2.24. The van der Waals surface area contributed by atoms with Crippen LogP contribution in [0, 0.1) is 6.92 Å². The lowest BCUT2D eigenvalue weighted by Crippen LogP contribution is -2.29. The maximum atomic E-state index is 12.0. The van der Waals surface area contributed by atoms with Crippen LogP contribution < -0.4 is 5.32 Å². The van der Waals surface area contributed by atoms with Crippen LogP contribution in [0.25, 0.3) is 6.08 Å². The average Bonchev–Trinajstić information content (AvgIpc) is 2.34. The SMILES string of the molecule is Cc1c(/C=C/C(=O)O)cccc1C(=O)NCC(F)F. The highest BCUT2D eigenvalue weighted by Crippen LogP contribution is 2.15. The number of nitrogens with one attached hydrogen (secondary N) is 1. The number of carbonyl (C=O) groups excluding carboxylic acids is 1. The Morgan fingerprint density at radius 1 is 1.42 bits per heavy atom. The third kappa shape index (κ3) is 4.50. The quantitative estimate of drug-likeness (QED) is 0.804. The van der Waals surface area contributed by atoms with E-state index in [1.165, 1.54) is 12.1 Å². The zero-order valence-corrected chi connectivity index (χ0v) is 10.2. The number of rotatable bonds is 5. The van der Waals surface area contributed by atoms with Crippen molar-refractivity contribution < 1.29 is 23.5 Å². The van der Waals surface area contributed by atoms with Crippen LogP contribution in [0.3, 0.4) is 0 Å². The van der Waals surface area contributed by atoms with E-state index in [0.717, 1.165) is 6.08 Å². The summed E-state index contributed by atoms with van der Waals surface area (Å²) in [7, 11) is 0. The van der Waals surface area contributed by atoms with Crippen molar-refractivity contribution >= 4 is 18.0 Å². The maximum Gasteiger partial charge on any atom is 0.328 e. The maximum absolute atomic E-state index is 12.0. The van der Waals surface area contributed by atoms with Crippen molar-refractivity contribution in [3.8, 4) is 0 Å². The number of carbonyl (C=O) groups is 2. The Balaban J connectivity index is 2.94. The fourth-order valence-corrected chi connectivity index (χ4v) is 1.51. The van der Waals surface area contributed by atoms with Crippen molar-refractivity contribution in [3.05, 3.63) is 41.0 Å². The monoisotopic (exact) mass is 269 g/mol. The number of benzene rings is 1. The van der Waals surface area contributed by atoms with Crippen LogP contribution in [0.1, 0.15) is 21.5 Å². The van der Waals surface area contributed by atoms with Gasteiger partial charge in [-0.15, -0.1) is 0 Å². The molecular weight excluding hydrogens is 256 g/mol. The first kappa shape index (κ1) is 14.8. The molecule has 0 aliphatic heterocycles. The minimum Gasteiger partial charge on any atom is -0.478 e. The predicted molar refractivity (Wildman–Crippen MR) is 66.2 cm³/mol. The van der Waals surface area contributed by atoms with Crippen molar-refractivity contribution in [1.82, 2.24) is 5.32 Å². The number of aliphatic carboxylic acids is 1. The van der Waals surface area contributed by atoms with E-state index in [4.69, 9.17) is 5.11 Å². The molecule has 0 radical (unpaired) electrons. The van der Waals surface area contributed by atoms with Crippen molar-refractivity contribution in [2.24, 2.45) is 0 Å². The summed E-state index contributed by atoms with van der Waals surface area (Å²) in [4.78, 5) is 22.1. The fourth-order valence-electron chi connectivity index (χ4n) is 1.51. The van der Waals surface area contributed by atoms with Crippen molar-refractivity contribution in [2.45, 2.75) is 13.3 Å². The van der Waals surface area contributed by atoms with Crippen LogP contribution in [0.2, 0.25) is 0 Å². The molecule has 19 heavy (non-hydrogen) atoms. The van der Waals surface area contributed by atoms with Gasteiger partial charge < -0.3 is 10.4 Å². The van der Waals surface area contributed by atoms with Crippen LogP contribution in [0.15, 0.2) is 24.3 Å². The summed E-state index contributed by atoms with van der Waals surface area (Å²) in [5.74, 6) is -1.71. The van der Waals surface area contributed by atoms with E-state index in [-0.39, 0.29) is 5.56 Å². The first-order chi connectivity index (χ1) is 8.91. The molecule has 0 aliphatic rings. The second kappa shape index (κ2) is 6.63. The van der Waals surface area contributed by atoms with E-state index in [1.807, 2.05) is 0 Å². The summed E-state index contributed by atoms with van der Waals surface area (Å²) in [6, 6.07) is 4.69. The Bertz CT molecular complexity index is 513. The standard InChI is InChI=1S/C13H13F2NO3/c1-8-9(5-6-12(17)18)3-2-4-10(8)13(19)16-7-11(14)15/h2-6,11H,7H2,1H3,(H,16,19)(H,17,18)/b6-5+. The lowest BCUT2D eigenvalue weighted by atomic mass is 10.0. The van der Waals surface area contributed by atoms with Gasteiger partial charge in [-0.3, -0.25) is 4.79 Å². The van der Waals surface area contributed by atoms with Gasteiger partial charge in [0.05, 0.1) is 6.54 Å². The smallest absolute Gasteiger partial charge is 0.328 e. The Labute approximate surface area is 108 Å². The lowest BCUT2D eigenvalue weighted by molar-refractivity contribution is -0.131. The number of amides is 1. The van der Waals surface area contributed by atoms with E-state index >= 15 is 0 Å². The lowest BCUT2D eigenvalue weighted by Gasteiger charge is -2.09. The molecular formula is C13H13F2NO3. The third-order valence-electron chi connectivity index (χ3n) is 2.44. The van der Waals surface area contributed by atoms with E-state index in [0.29, 0.717) is 11.1 Å². The van der Waals surface area contributed by atoms with Crippen LogP contribution in [0.5, 0.6) is 0 Å². The van der Waals surface area contributed by atoms with Gasteiger partial charge in [-0.1, -0.05) is 12.1 Å². The van der Waals surface area contributed by atoms with Gasteiger partial charge in [0.1, 0.15) is 0 Å². The summed E-state index contributed by atoms with van der Waals surface area (Å²) in [5.41, 5.74) is 1.33. The van der Waals surface area contributed by atoms with Gasteiger partial charge in [-0.05, 0) is 30.2 Å². The molecule has 1 aromatic rings. The minimum absolute atomic E-state index is 0.244. The Kier molecular flexibility index (Phi) is 5.17. The number of hydrogen-bond acceptors (Lipinski definition) is 2. The second-order valence-corrected chi connectivity index (χ2v) is 3.79. The van der Waals surface area contributed by atoms with E-state index in [1.54, 1.807) is 19.1 Å². The molecule has 0 fully saturated rings. The second-order valence-electron chi connectivity index (χ2n) is 3.79. The van der Waals surface area contributed by atoms with Crippen LogP contribution in [-0.4, -0.2) is 30.0 Å². The van der Waals surface area contributed by atoms with Gasteiger partial charge in [-0.2, -0.15) is 0 Å².